The lowest BCUT2D eigenvalue weighted by atomic mass is 9.94. The summed E-state index contributed by atoms with van der Waals surface area (Å²) < 4.78 is 42.2. The molecule has 0 bridgehead atoms. The fourth-order valence-corrected chi connectivity index (χ4v) is 2.79. The number of para-hydroxylation sites is 2. The van der Waals surface area contributed by atoms with Crippen LogP contribution in [-0.2, 0) is 0 Å². The van der Waals surface area contributed by atoms with Crippen LogP contribution in [0.25, 0.3) is 0 Å². The summed E-state index contributed by atoms with van der Waals surface area (Å²) in [6.45, 7) is 0. The van der Waals surface area contributed by atoms with Gasteiger partial charge in [-0.25, -0.2) is 18.6 Å². The van der Waals surface area contributed by atoms with E-state index in [1.54, 1.807) is 0 Å². The third-order valence-corrected chi connectivity index (χ3v) is 3.68. The van der Waals surface area contributed by atoms with E-state index in [0.29, 0.717) is 0 Å². The van der Waals surface area contributed by atoms with Gasteiger partial charge >= 0.3 is 0 Å². The molecule has 1 aliphatic heterocycles. The van der Waals surface area contributed by atoms with Gasteiger partial charge in [0.05, 0.1) is 11.1 Å². The first-order chi connectivity index (χ1) is 11.9. The van der Waals surface area contributed by atoms with Crippen molar-refractivity contribution in [3.05, 3.63) is 90.3 Å². The molecule has 7 heteroatoms. The molecular formula is C18H14ClNO5. The van der Waals surface area contributed by atoms with Gasteiger partial charge in [0.2, 0.25) is 6.04 Å². The maximum Gasteiger partial charge on any atom is 0.216 e. The average Bonchev–Trinajstić information content (AvgIpc) is 2.59. The summed E-state index contributed by atoms with van der Waals surface area (Å²) in [6.07, 6.45) is 4.20. The number of nitrogens with zero attached hydrogens (tertiary/aromatic N) is 1. The van der Waals surface area contributed by atoms with Crippen molar-refractivity contribution in [2.45, 2.75) is 6.04 Å². The lowest BCUT2D eigenvalue weighted by Gasteiger charge is -2.24. The Bertz CT molecular complexity index is 800. The molecule has 6 nitrogen and oxygen atoms in total. The number of ether oxygens (including phenoxy) is 1. The summed E-state index contributed by atoms with van der Waals surface area (Å²) in [5.74, 6) is 1.88. The molecular weight excluding hydrogens is 346 g/mol. The molecule has 0 unspecified atom stereocenters. The van der Waals surface area contributed by atoms with E-state index in [-0.39, 0.29) is 6.04 Å². The summed E-state index contributed by atoms with van der Waals surface area (Å²) in [4.78, 5) is 0. The molecule has 4 rings (SSSR count). The SMILES string of the molecule is [O-][Cl+3]([O-])([O-])[O-].c1cc[n+](C2c3ccccc3Oc3ccccc32)cc1. The molecule has 0 N–H and O–H groups in total. The van der Waals surface area contributed by atoms with Crippen molar-refractivity contribution in [2.75, 3.05) is 0 Å². The summed E-state index contributed by atoms with van der Waals surface area (Å²) in [5, 5.41) is 0. The van der Waals surface area contributed by atoms with E-state index in [1.807, 2.05) is 30.3 Å². The molecule has 2 aromatic carbocycles. The van der Waals surface area contributed by atoms with Crippen LogP contribution in [0.5, 0.6) is 11.5 Å². The zero-order chi connectivity index (χ0) is 17.9. The third-order valence-electron chi connectivity index (χ3n) is 3.68. The zero-order valence-corrected chi connectivity index (χ0v) is 13.7. The maximum atomic E-state index is 8.49. The monoisotopic (exact) mass is 359 g/mol. The summed E-state index contributed by atoms with van der Waals surface area (Å²) >= 11 is 0. The molecule has 2 heterocycles. The Hall–Kier alpha value is -2.48. The zero-order valence-electron chi connectivity index (χ0n) is 12.9. The predicted octanol–water partition coefficient (Wildman–Crippen LogP) is -1.04. The highest BCUT2D eigenvalue weighted by Gasteiger charge is 2.33. The van der Waals surface area contributed by atoms with E-state index < -0.39 is 10.2 Å². The number of fused-ring (bicyclic) bond motifs is 2. The molecule has 128 valence electrons. The Morgan fingerprint density at radius 1 is 0.680 bits per heavy atom. The molecule has 0 spiro atoms. The van der Waals surface area contributed by atoms with Crippen LogP contribution in [0.1, 0.15) is 17.2 Å². The largest absolute Gasteiger partial charge is 0.456 e. The van der Waals surface area contributed by atoms with Crippen LogP contribution in [0.4, 0.5) is 0 Å². The molecule has 0 amide bonds. The van der Waals surface area contributed by atoms with Gasteiger partial charge in [-0.05, 0) is 24.3 Å². The van der Waals surface area contributed by atoms with Crippen LogP contribution in [0, 0.1) is 10.2 Å². The fourth-order valence-electron chi connectivity index (χ4n) is 2.79. The van der Waals surface area contributed by atoms with E-state index in [1.165, 1.54) is 11.1 Å². The second-order valence-electron chi connectivity index (χ2n) is 5.28. The van der Waals surface area contributed by atoms with Gasteiger partial charge in [-0.2, -0.15) is 4.57 Å². The molecule has 0 radical (unpaired) electrons. The quantitative estimate of drug-likeness (QED) is 0.404. The Morgan fingerprint density at radius 3 is 1.60 bits per heavy atom. The lowest BCUT2D eigenvalue weighted by Crippen LogP contribution is -2.68. The number of aromatic nitrogens is 1. The van der Waals surface area contributed by atoms with Crippen molar-refractivity contribution in [3.63, 3.8) is 0 Å². The first kappa shape index (κ1) is 17.3. The van der Waals surface area contributed by atoms with Crippen molar-refractivity contribution in [3.8, 4) is 11.5 Å². The molecule has 1 aromatic heterocycles. The molecule has 0 fully saturated rings. The van der Waals surface area contributed by atoms with Crippen molar-refractivity contribution >= 4 is 0 Å². The van der Waals surface area contributed by atoms with Crippen molar-refractivity contribution in [1.82, 2.24) is 0 Å². The Kier molecular flexibility index (Phi) is 4.98. The number of hydrogen-bond acceptors (Lipinski definition) is 5. The van der Waals surface area contributed by atoms with Crippen molar-refractivity contribution in [2.24, 2.45) is 0 Å². The Morgan fingerprint density at radius 2 is 1.12 bits per heavy atom. The molecule has 0 saturated heterocycles. The van der Waals surface area contributed by atoms with Crippen molar-refractivity contribution in [1.29, 1.82) is 0 Å². The van der Waals surface area contributed by atoms with E-state index in [4.69, 9.17) is 23.4 Å². The van der Waals surface area contributed by atoms with Gasteiger partial charge < -0.3 is 4.74 Å². The molecule has 3 aromatic rings. The normalized spacial score (nSPS) is 13.0. The summed E-state index contributed by atoms with van der Waals surface area (Å²) in [6, 6.07) is 22.8. The van der Waals surface area contributed by atoms with E-state index in [0.717, 1.165) is 11.5 Å². The molecule has 25 heavy (non-hydrogen) atoms. The smallest absolute Gasteiger partial charge is 0.216 e. The number of pyridine rings is 1. The highest BCUT2D eigenvalue weighted by molar-refractivity contribution is 5.51. The average molecular weight is 360 g/mol. The number of benzene rings is 2. The molecule has 0 atom stereocenters. The number of hydrogen-bond donors (Lipinski definition) is 0. The topological polar surface area (TPSA) is 105 Å². The molecule has 0 aliphatic carbocycles. The minimum absolute atomic E-state index is 0.164. The predicted molar refractivity (Wildman–Crippen MR) is 76.8 cm³/mol. The Balaban J connectivity index is 0.000000324. The van der Waals surface area contributed by atoms with Crippen LogP contribution in [0.2, 0.25) is 0 Å². The fraction of sp³-hybridized carbons (Fsp3) is 0.0556. The van der Waals surface area contributed by atoms with Crippen LogP contribution in [-0.4, -0.2) is 0 Å². The first-order valence-corrected chi connectivity index (χ1v) is 8.60. The van der Waals surface area contributed by atoms with E-state index >= 15 is 0 Å². The summed E-state index contributed by atoms with van der Waals surface area (Å²) in [5.41, 5.74) is 2.39. The molecule has 0 saturated carbocycles. The second-order valence-corrected chi connectivity index (χ2v) is 6.04. The second kappa shape index (κ2) is 7.18. The van der Waals surface area contributed by atoms with Gasteiger partial charge in [0.15, 0.2) is 12.4 Å². The van der Waals surface area contributed by atoms with Crippen molar-refractivity contribution < 1.29 is 38.2 Å². The number of rotatable bonds is 1. The van der Waals surface area contributed by atoms with Gasteiger partial charge in [-0.3, -0.25) is 0 Å². The van der Waals surface area contributed by atoms with Crippen LogP contribution in [0.3, 0.4) is 0 Å². The minimum atomic E-state index is -4.94. The third kappa shape index (κ3) is 4.33. The van der Waals surface area contributed by atoms with Crippen LogP contribution in [0.15, 0.2) is 79.1 Å². The summed E-state index contributed by atoms with van der Waals surface area (Å²) in [7, 11) is -4.94. The standard InChI is InChI=1S/C18H14NO.ClHO4/c1-6-12-19(13-7-1)18-14-8-2-4-10-16(14)20-17-11-5-3-9-15(17)18;2-1(3,4)5/h1-13,18H;(H,2,3,4,5)/q+1;/p-1. The van der Waals surface area contributed by atoms with E-state index in [2.05, 4.69) is 53.4 Å². The maximum absolute atomic E-state index is 8.49. The van der Waals surface area contributed by atoms with Gasteiger partial charge in [0.25, 0.3) is 0 Å². The van der Waals surface area contributed by atoms with Gasteiger partial charge in [-0.1, -0.05) is 30.3 Å². The van der Waals surface area contributed by atoms with Gasteiger partial charge in [-0.15, -0.1) is 10.2 Å². The number of halogens is 1. The minimum Gasteiger partial charge on any atom is -0.456 e. The highest BCUT2D eigenvalue weighted by atomic mass is 35.7. The Labute approximate surface area is 146 Å². The highest BCUT2D eigenvalue weighted by Crippen LogP contribution is 2.41. The van der Waals surface area contributed by atoms with Crippen LogP contribution >= 0.6 is 0 Å². The van der Waals surface area contributed by atoms with E-state index in [9.17, 15) is 0 Å². The molecule has 1 aliphatic rings. The first-order valence-electron chi connectivity index (χ1n) is 7.37. The lowest BCUT2D eigenvalue weighted by molar-refractivity contribution is -2.00. The van der Waals surface area contributed by atoms with Gasteiger partial charge in [0, 0.05) is 12.1 Å². The van der Waals surface area contributed by atoms with Gasteiger partial charge in [0.1, 0.15) is 11.5 Å². The van der Waals surface area contributed by atoms with Crippen LogP contribution < -0.4 is 27.9 Å².